The van der Waals surface area contributed by atoms with Crippen molar-refractivity contribution in [2.24, 2.45) is 5.92 Å². The molecule has 2 saturated heterocycles. The topological polar surface area (TPSA) is 88.2 Å². The highest BCUT2D eigenvalue weighted by molar-refractivity contribution is 5.99. The lowest BCUT2D eigenvalue weighted by Gasteiger charge is -2.44. The maximum Gasteiger partial charge on any atom is 0.257 e. The van der Waals surface area contributed by atoms with E-state index in [9.17, 15) is 14.4 Å². The number of methoxy groups -OCH3 is 1. The van der Waals surface area contributed by atoms with E-state index in [1.807, 2.05) is 39.0 Å². The number of nitrogens with zero attached hydrogens (tertiary/aromatic N) is 2. The summed E-state index contributed by atoms with van der Waals surface area (Å²) in [5, 5.41) is 2.97. The molecule has 2 aliphatic heterocycles. The highest BCUT2D eigenvalue weighted by Crippen LogP contribution is 2.39. The van der Waals surface area contributed by atoms with Gasteiger partial charge in [-0.1, -0.05) is 38.1 Å². The Bertz CT molecular complexity index is 1120. The van der Waals surface area contributed by atoms with Gasteiger partial charge in [0.1, 0.15) is 17.5 Å². The van der Waals surface area contributed by atoms with Crippen LogP contribution in [0.2, 0.25) is 0 Å². The molecular formula is C28H35N3O5. The summed E-state index contributed by atoms with van der Waals surface area (Å²) in [6.45, 7) is 7.42. The van der Waals surface area contributed by atoms with Crippen LogP contribution >= 0.6 is 0 Å². The van der Waals surface area contributed by atoms with Gasteiger partial charge in [0.25, 0.3) is 11.8 Å². The fourth-order valence-corrected chi connectivity index (χ4v) is 4.93. The van der Waals surface area contributed by atoms with Crippen LogP contribution in [0.4, 0.5) is 0 Å². The molecule has 0 bridgehead atoms. The standard InChI is InChI=1S/C28H35N3O5/c1-19(2)17-29-25(32)24-18-36-28(31(24)27(34)23-11-6-5-8-20(23)3)12-14-30(15-13-28)26(33)21-9-7-10-22(16-21)35-4/h5-11,16,19,24H,12-15,17-18H2,1-4H3,(H,29,32)/t24-/m1/s1. The Hall–Kier alpha value is -3.39. The molecule has 1 N–H and O–H groups in total. The van der Waals surface area contributed by atoms with Crippen molar-refractivity contribution < 1.29 is 23.9 Å². The first-order valence-corrected chi connectivity index (χ1v) is 12.5. The average molecular weight is 494 g/mol. The minimum Gasteiger partial charge on any atom is -0.497 e. The predicted molar refractivity (Wildman–Crippen MR) is 136 cm³/mol. The molecule has 1 spiro atoms. The van der Waals surface area contributed by atoms with Crippen molar-refractivity contribution >= 4 is 17.7 Å². The number of carbonyl (C=O) groups excluding carboxylic acids is 3. The van der Waals surface area contributed by atoms with Crippen LogP contribution in [0.3, 0.4) is 0 Å². The first-order chi connectivity index (χ1) is 17.3. The molecule has 4 rings (SSSR count). The molecule has 2 aliphatic rings. The van der Waals surface area contributed by atoms with E-state index >= 15 is 0 Å². The fraction of sp³-hybridized carbons (Fsp3) is 0.464. The van der Waals surface area contributed by atoms with Gasteiger partial charge in [0, 0.05) is 43.6 Å². The van der Waals surface area contributed by atoms with Crippen molar-refractivity contribution in [3.8, 4) is 5.75 Å². The maximum atomic E-state index is 13.9. The van der Waals surface area contributed by atoms with Crippen LogP contribution in [0.1, 0.15) is 53.0 Å². The summed E-state index contributed by atoms with van der Waals surface area (Å²) >= 11 is 0. The SMILES string of the molecule is COc1cccc(C(=O)N2CCC3(CC2)OC[C@H](C(=O)NCC(C)C)N3C(=O)c2ccccc2C)c1. The molecule has 8 heteroatoms. The minimum atomic E-state index is -0.940. The monoisotopic (exact) mass is 493 g/mol. The number of likely N-dealkylation sites (tertiary alicyclic amines) is 1. The lowest BCUT2D eigenvalue weighted by atomic mass is 9.95. The number of hydrogen-bond donors (Lipinski definition) is 1. The second-order valence-corrected chi connectivity index (χ2v) is 9.93. The van der Waals surface area contributed by atoms with E-state index in [2.05, 4.69) is 5.32 Å². The zero-order chi connectivity index (χ0) is 25.9. The van der Waals surface area contributed by atoms with Gasteiger partial charge < -0.3 is 19.7 Å². The Morgan fingerprint density at radius 3 is 2.47 bits per heavy atom. The molecule has 36 heavy (non-hydrogen) atoms. The molecule has 0 aromatic heterocycles. The molecule has 0 unspecified atom stereocenters. The highest BCUT2D eigenvalue weighted by atomic mass is 16.5. The molecule has 1 atom stereocenters. The third kappa shape index (κ3) is 5.09. The van der Waals surface area contributed by atoms with E-state index in [0.717, 1.165) is 5.56 Å². The Morgan fingerprint density at radius 1 is 1.08 bits per heavy atom. The first kappa shape index (κ1) is 25.7. The summed E-state index contributed by atoms with van der Waals surface area (Å²) in [6, 6.07) is 13.7. The van der Waals surface area contributed by atoms with Crippen molar-refractivity contribution in [2.45, 2.75) is 45.4 Å². The average Bonchev–Trinajstić information content (AvgIpc) is 3.25. The van der Waals surface area contributed by atoms with Crippen LogP contribution in [-0.2, 0) is 9.53 Å². The summed E-state index contributed by atoms with van der Waals surface area (Å²) in [4.78, 5) is 43.6. The van der Waals surface area contributed by atoms with Gasteiger partial charge in [-0.15, -0.1) is 0 Å². The number of hydrogen-bond acceptors (Lipinski definition) is 5. The quantitative estimate of drug-likeness (QED) is 0.668. The number of piperidine rings is 1. The van der Waals surface area contributed by atoms with E-state index < -0.39 is 11.8 Å². The van der Waals surface area contributed by atoms with Gasteiger partial charge in [0.15, 0.2) is 0 Å². The Labute approximate surface area is 212 Å². The summed E-state index contributed by atoms with van der Waals surface area (Å²) in [5.74, 6) is 0.389. The summed E-state index contributed by atoms with van der Waals surface area (Å²) < 4.78 is 11.5. The summed E-state index contributed by atoms with van der Waals surface area (Å²) in [5.41, 5.74) is 1.01. The molecular weight excluding hydrogens is 458 g/mol. The molecule has 2 fully saturated rings. The number of rotatable bonds is 6. The molecule has 3 amide bonds. The Balaban J connectivity index is 1.57. The smallest absolute Gasteiger partial charge is 0.257 e. The number of aryl methyl sites for hydroxylation is 1. The lowest BCUT2D eigenvalue weighted by Crippen LogP contribution is -2.60. The first-order valence-electron chi connectivity index (χ1n) is 12.5. The molecule has 0 radical (unpaired) electrons. The van der Waals surface area contributed by atoms with E-state index in [0.29, 0.717) is 49.4 Å². The highest BCUT2D eigenvalue weighted by Gasteiger charge is 2.54. The van der Waals surface area contributed by atoms with E-state index in [1.165, 1.54) is 0 Å². The number of benzene rings is 2. The van der Waals surface area contributed by atoms with Crippen molar-refractivity contribution in [1.29, 1.82) is 0 Å². The number of amides is 3. The molecule has 2 heterocycles. The van der Waals surface area contributed by atoms with Crippen molar-refractivity contribution in [1.82, 2.24) is 15.1 Å². The van der Waals surface area contributed by atoms with Gasteiger partial charge in [-0.05, 0) is 42.7 Å². The summed E-state index contributed by atoms with van der Waals surface area (Å²) in [7, 11) is 1.57. The van der Waals surface area contributed by atoms with Crippen LogP contribution in [-0.4, -0.2) is 72.6 Å². The van der Waals surface area contributed by atoms with Gasteiger partial charge in [-0.2, -0.15) is 0 Å². The normalized spacial score (nSPS) is 19.0. The third-order valence-corrected chi connectivity index (χ3v) is 6.99. The zero-order valence-electron chi connectivity index (χ0n) is 21.5. The third-order valence-electron chi connectivity index (χ3n) is 6.99. The zero-order valence-corrected chi connectivity index (χ0v) is 21.5. The van der Waals surface area contributed by atoms with Gasteiger partial charge >= 0.3 is 0 Å². The van der Waals surface area contributed by atoms with Crippen LogP contribution in [0, 0.1) is 12.8 Å². The number of ether oxygens (including phenoxy) is 2. The van der Waals surface area contributed by atoms with Crippen LogP contribution in [0.15, 0.2) is 48.5 Å². The van der Waals surface area contributed by atoms with Crippen LogP contribution in [0.25, 0.3) is 0 Å². The Kier molecular flexibility index (Phi) is 7.64. The van der Waals surface area contributed by atoms with Gasteiger partial charge in [-0.3, -0.25) is 19.3 Å². The molecule has 0 aliphatic carbocycles. The Morgan fingerprint density at radius 2 is 1.81 bits per heavy atom. The lowest BCUT2D eigenvalue weighted by molar-refractivity contribution is -0.128. The molecule has 8 nitrogen and oxygen atoms in total. The van der Waals surface area contributed by atoms with Gasteiger partial charge in [0.05, 0.1) is 13.7 Å². The van der Waals surface area contributed by atoms with Gasteiger partial charge in [0.2, 0.25) is 5.91 Å². The van der Waals surface area contributed by atoms with E-state index in [4.69, 9.17) is 9.47 Å². The van der Waals surface area contributed by atoms with Crippen molar-refractivity contribution in [3.05, 3.63) is 65.2 Å². The van der Waals surface area contributed by atoms with Crippen molar-refractivity contribution in [2.75, 3.05) is 33.4 Å². The predicted octanol–water partition coefficient (Wildman–Crippen LogP) is 3.25. The van der Waals surface area contributed by atoms with Crippen LogP contribution in [0.5, 0.6) is 5.75 Å². The molecule has 0 saturated carbocycles. The molecule has 2 aromatic rings. The fourth-order valence-electron chi connectivity index (χ4n) is 4.93. The number of carbonyl (C=O) groups is 3. The second kappa shape index (κ2) is 10.7. The molecule has 192 valence electrons. The molecule has 2 aromatic carbocycles. The van der Waals surface area contributed by atoms with E-state index in [1.54, 1.807) is 47.2 Å². The van der Waals surface area contributed by atoms with Crippen LogP contribution < -0.4 is 10.1 Å². The van der Waals surface area contributed by atoms with Crippen molar-refractivity contribution in [3.63, 3.8) is 0 Å². The second-order valence-electron chi connectivity index (χ2n) is 9.93. The maximum absolute atomic E-state index is 13.9. The summed E-state index contributed by atoms with van der Waals surface area (Å²) in [6.07, 6.45) is 0.850. The van der Waals surface area contributed by atoms with Gasteiger partial charge in [-0.25, -0.2) is 0 Å². The number of nitrogens with one attached hydrogen (secondary N) is 1. The minimum absolute atomic E-state index is 0.0928. The largest absolute Gasteiger partial charge is 0.497 e. The van der Waals surface area contributed by atoms with E-state index in [-0.39, 0.29) is 30.2 Å².